The number of hydrogen-bond acceptors (Lipinski definition) is 4. The zero-order chi connectivity index (χ0) is 23.5. The second-order valence-electron chi connectivity index (χ2n) is 8.06. The van der Waals surface area contributed by atoms with Crippen LogP contribution in [0.15, 0.2) is 91.1 Å². The zero-order valence-electron chi connectivity index (χ0n) is 18.6. The van der Waals surface area contributed by atoms with E-state index in [1.807, 2.05) is 72.9 Å². The molecule has 0 unspecified atom stereocenters. The van der Waals surface area contributed by atoms with Crippen LogP contribution in [-0.4, -0.2) is 20.3 Å². The van der Waals surface area contributed by atoms with Crippen LogP contribution in [0.1, 0.15) is 29.4 Å². The van der Waals surface area contributed by atoms with Gasteiger partial charge in [0, 0.05) is 31.5 Å². The molecule has 0 atom stereocenters. The predicted molar refractivity (Wildman–Crippen MR) is 128 cm³/mol. The lowest BCUT2D eigenvalue weighted by atomic mass is 10.1. The molecule has 3 aromatic carbocycles. The van der Waals surface area contributed by atoms with Crippen LogP contribution >= 0.6 is 0 Å². The van der Waals surface area contributed by atoms with Crippen molar-refractivity contribution in [2.75, 3.05) is 0 Å². The smallest absolute Gasteiger partial charge is 0.309 e. The lowest BCUT2D eigenvalue weighted by Gasteiger charge is -2.10. The van der Waals surface area contributed by atoms with Crippen LogP contribution in [0.4, 0.5) is 4.39 Å². The number of hydrogen-bond donors (Lipinski definition) is 0. The fourth-order valence-electron chi connectivity index (χ4n) is 3.99. The largest absolute Gasteiger partial charge is 0.407 e. The monoisotopic (exact) mass is 451 g/mol. The van der Waals surface area contributed by atoms with E-state index in [9.17, 15) is 9.18 Å². The van der Waals surface area contributed by atoms with Gasteiger partial charge in [0.1, 0.15) is 11.5 Å². The summed E-state index contributed by atoms with van der Waals surface area (Å²) in [7, 11) is 0. The first kappa shape index (κ1) is 21.5. The van der Waals surface area contributed by atoms with Crippen molar-refractivity contribution in [3.05, 3.63) is 119 Å². The maximum atomic E-state index is 13.8. The number of nitrogens with zero attached hydrogens (tertiary/aromatic N) is 3. The summed E-state index contributed by atoms with van der Waals surface area (Å²) in [5, 5.41) is 0. The first-order valence-electron chi connectivity index (χ1n) is 11.0. The van der Waals surface area contributed by atoms with Crippen LogP contribution in [-0.2, 0) is 17.6 Å². The van der Waals surface area contributed by atoms with E-state index in [0.29, 0.717) is 30.1 Å². The maximum Gasteiger partial charge on any atom is 0.309 e. The number of benzene rings is 3. The molecule has 0 spiro atoms. The fraction of sp³-hybridized carbons (Fsp3) is 0.107. The molecule has 168 valence electrons. The molecule has 0 saturated heterocycles. The molecule has 5 aromatic rings. The second kappa shape index (κ2) is 9.27. The van der Waals surface area contributed by atoms with E-state index in [1.165, 1.54) is 19.1 Å². The van der Waals surface area contributed by atoms with Gasteiger partial charge in [0.15, 0.2) is 5.65 Å². The van der Waals surface area contributed by atoms with Crippen molar-refractivity contribution < 1.29 is 13.9 Å². The molecule has 0 bridgehead atoms. The average molecular weight is 452 g/mol. The number of fused-ring (bicyclic) bond motifs is 1. The van der Waals surface area contributed by atoms with Crippen molar-refractivity contribution in [2.45, 2.75) is 19.8 Å². The Morgan fingerprint density at radius 3 is 2.24 bits per heavy atom. The minimum Gasteiger partial charge on any atom is -0.407 e. The van der Waals surface area contributed by atoms with Gasteiger partial charge in [0.25, 0.3) is 0 Å². The molecule has 0 amide bonds. The van der Waals surface area contributed by atoms with Crippen molar-refractivity contribution in [2.24, 2.45) is 0 Å². The summed E-state index contributed by atoms with van der Waals surface area (Å²) < 4.78 is 21.2. The quantitative estimate of drug-likeness (QED) is 0.314. The summed E-state index contributed by atoms with van der Waals surface area (Å²) in [6.07, 6.45) is 2.70. The Labute approximate surface area is 196 Å². The van der Waals surface area contributed by atoms with Crippen LogP contribution in [0.3, 0.4) is 0 Å². The third-order valence-corrected chi connectivity index (χ3v) is 5.48. The standard InChI is InChI=1S/C28H22FN3O2/c1-19(33)34-28-25(17-21-11-8-14-23(29)15-21)31-27-24(16-20-9-4-2-5-10-20)30-26(18-32(27)28)22-12-6-3-7-13-22/h2-15,18H,16-17H2,1H3. The molecule has 0 aliphatic rings. The highest BCUT2D eigenvalue weighted by Gasteiger charge is 2.21. The minimum atomic E-state index is -0.454. The molecule has 0 aliphatic carbocycles. The van der Waals surface area contributed by atoms with Gasteiger partial charge in [0.2, 0.25) is 5.88 Å². The topological polar surface area (TPSA) is 56.5 Å². The first-order valence-corrected chi connectivity index (χ1v) is 11.0. The summed E-state index contributed by atoms with van der Waals surface area (Å²) in [6.45, 7) is 1.36. The molecule has 5 rings (SSSR count). The molecule has 0 fully saturated rings. The molecular weight excluding hydrogens is 429 g/mol. The Kier molecular flexibility index (Phi) is 5.87. The third-order valence-electron chi connectivity index (χ3n) is 5.48. The number of esters is 1. The van der Waals surface area contributed by atoms with E-state index in [0.717, 1.165) is 28.1 Å². The highest BCUT2D eigenvalue weighted by molar-refractivity contribution is 5.71. The summed E-state index contributed by atoms with van der Waals surface area (Å²) in [4.78, 5) is 21.8. The van der Waals surface area contributed by atoms with Gasteiger partial charge < -0.3 is 4.74 Å². The van der Waals surface area contributed by atoms with Crippen LogP contribution in [0, 0.1) is 5.82 Å². The number of rotatable bonds is 6. The van der Waals surface area contributed by atoms with Crippen LogP contribution in [0.25, 0.3) is 16.9 Å². The molecule has 2 aromatic heterocycles. The van der Waals surface area contributed by atoms with E-state index in [-0.39, 0.29) is 5.82 Å². The van der Waals surface area contributed by atoms with E-state index in [1.54, 1.807) is 10.5 Å². The number of aromatic nitrogens is 3. The molecule has 2 heterocycles. The van der Waals surface area contributed by atoms with Crippen LogP contribution in [0.2, 0.25) is 0 Å². The fourth-order valence-corrected chi connectivity index (χ4v) is 3.99. The van der Waals surface area contributed by atoms with Gasteiger partial charge in [-0.05, 0) is 23.3 Å². The van der Waals surface area contributed by atoms with Gasteiger partial charge in [-0.25, -0.2) is 14.4 Å². The van der Waals surface area contributed by atoms with Crippen molar-refractivity contribution >= 4 is 11.6 Å². The van der Waals surface area contributed by atoms with Gasteiger partial charge in [-0.3, -0.25) is 9.20 Å². The van der Waals surface area contributed by atoms with Crippen molar-refractivity contribution in [3.63, 3.8) is 0 Å². The molecule has 5 nitrogen and oxygen atoms in total. The summed E-state index contributed by atoms with van der Waals surface area (Å²) in [5.41, 5.74) is 5.40. The van der Waals surface area contributed by atoms with Gasteiger partial charge >= 0.3 is 5.97 Å². The lowest BCUT2D eigenvalue weighted by molar-refractivity contribution is -0.132. The highest BCUT2D eigenvalue weighted by Crippen LogP contribution is 2.29. The maximum absolute atomic E-state index is 13.8. The number of carbonyl (C=O) groups is 1. The number of carbonyl (C=O) groups excluding carboxylic acids is 1. The molecule has 0 N–H and O–H groups in total. The Morgan fingerprint density at radius 1 is 0.853 bits per heavy atom. The first-order chi connectivity index (χ1) is 16.6. The third kappa shape index (κ3) is 4.57. The Morgan fingerprint density at radius 2 is 1.53 bits per heavy atom. The summed E-state index contributed by atoms with van der Waals surface area (Å²) in [6, 6.07) is 26.2. The number of ether oxygens (including phenoxy) is 1. The molecule has 6 heteroatoms. The normalized spacial score (nSPS) is 11.0. The lowest BCUT2D eigenvalue weighted by Crippen LogP contribution is -2.07. The van der Waals surface area contributed by atoms with Crippen LogP contribution in [0.5, 0.6) is 5.88 Å². The number of imidazole rings is 1. The molecule has 0 radical (unpaired) electrons. The SMILES string of the molecule is CC(=O)Oc1c(Cc2cccc(F)c2)nc2c(Cc3ccccc3)nc(-c3ccccc3)cn12. The van der Waals surface area contributed by atoms with Crippen LogP contribution < -0.4 is 4.74 Å². The predicted octanol–water partition coefficient (Wildman–Crippen LogP) is 5.64. The van der Waals surface area contributed by atoms with Crippen molar-refractivity contribution in [1.82, 2.24) is 14.4 Å². The van der Waals surface area contributed by atoms with Gasteiger partial charge in [-0.1, -0.05) is 72.8 Å². The average Bonchev–Trinajstić information content (AvgIpc) is 3.17. The van der Waals surface area contributed by atoms with E-state index >= 15 is 0 Å². The Balaban J connectivity index is 1.71. The summed E-state index contributed by atoms with van der Waals surface area (Å²) >= 11 is 0. The van der Waals surface area contributed by atoms with Gasteiger partial charge in [-0.15, -0.1) is 0 Å². The van der Waals surface area contributed by atoms with Gasteiger partial charge in [-0.2, -0.15) is 0 Å². The Hall–Kier alpha value is -4.32. The molecular formula is C28H22FN3O2. The molecule has 34 heavy (non-hydrogen) atoms. The summed E-state index contributed by atoms with van der Waals surface area (Å²) in [5.74, 6) is -0.460. The van der Waals surface area contributed by atoms with E-state index in [2.05, 4.69) is 0 Å². The molecule has 0 aliphatic heterocycles. The zero-order valence-corrected chi connectivity index (χ0v) is 18.6. The second-order valence-corrected chi connectivity index (χ2v) is 8.06. The number of halogens is 1. The van der Waals surface area contributed by atoms with E-state index < -0.39 is 5.97 Å². The Bertz CT molecular complexity index is 1460. The van der Waals surface area contributed by atoms with Gasteiger partial charge in [0.05, 0.1) is 11.4 Å². The van der Waals surface area contributed by atoms with Crippen molar-refractivity contribution in [3.8, 4) is 17.1 Å². The highest BCUT2D eigenvalue weighted by atomic mass is 19.1. The van der Waals surface area contributed by atoms with Crippen molar-refractivity contribution in [1.29, 1.82) is 0 Å². The van der Waals surface area contributed by atoms with E-state index in [4.69, 9.17) is 14.7 Å². The molecule has 0 saturated carbocycles. The minimum absolute atomic E-state index is 0.313.